The molecule has 5 heteroatoms. The van der Waals surface area contributed by atoms with Crippen LogP contribution in [0.4, 0.5) is 11.4 Å². The summed E-state index contributed by atoms with van der Waals surface area (Å²) in [6.07, 6.45) is 0. The molecule has 0 spiro atoms. The van der Waals surface area contributed by atoms with Crippen LogP contribution in [0.2, 0.25) is 0 Å². The van der Waals surface area contributed by atoms with Crippen LogP contribution in [-0.2, 0) is 4.79 Å². The summed E-state index contributed by atoms with van der Waals surface area (Å²) >= 11 is 1.58. The maximum absolute atomic E-state index is 11.4. The normalized spacial score (nSPS) is 19.3. The van der Waals surface area contributed by atoms with Crippen molar-refractivity contribution in [2.45, 2.75) is 17.1 Å². The van der Waals surface area contributed by atoms with Gasteiger partial charge in [0.05, 0.1) is 17.6 Å². The van der Waals surface area contributed by atoms with Crippen molar-refractivity contribution < 1.29 is 4.79 Å². The fraction of sp³-hybridized carbons (Fsp3) is 0.300. The predicted molar refractivity (Wildman–Crippen MR) is 63.1 cm³/mol. The Kier molecular flexibility index (Phi) is 2.83. The quantitative estimate of drug-likeness (QED) is 0.664. The standard InChI is InChI=1S/C10H13N3OS/c1-6-10(14)13-8-4-7(12-5-11)2-3-9(8)15-6/h2-4,6,12H,5,11H2,1H3,(H,13,14). The number of fused-ring (bicyclic) bond motifs is 1. The lowest BCUT2D eigenvalue weighted by Crippen LogP contribution is -2.26. The van der Waals surface area contributed by atoms with Gasteiger partial charge in [0, 0.05) is 10.6 Å². The number of carbonyl (C=O) groups is 1. The molecule has 1 atom stereocenters. The van der Waals surface area contributed by atoms with Crippen LogP contribution in [0.15, 0.2) is 23.1 Å². The maximum Gasteiger partial charge on any atom is 0.237 e. The number of carbonyl (C=O) groups excluding carboxylic acids is 1. The summed E-state index contributed by atoms with van der Waals surface area (Å²) in [5, 5.41) is 5.85. The Bertz CT molecular complexity index is 394. The molecule has 0 fully saturated rings. The van der Waals surface area contributed by atoms with E-state index in [2.05, 4.69) is 10.6 Å². The van der Waals surface area contributed by atoms with Crippen molar-refractivity contribution in [2.75, 3.05) is 17.3 Å². The van der Waals surface area contributed by atoms with E-state index in [9.17, 15) is 4.79 Å². The van der Waals surface area contributed by atoms with Crippen LogP contribution in [0.3, 0.4) is 0 Å². The number of hydrogen-bond acceptors (Lipinski definition) is 4. The largest absolute Gasteiger partial charge is 0.373 e. The molecule has 1 aliphatic rings. The van der Waals surface area contributed by atoms with Crippen molar-refractivity contribution in [1.82, 2.24) is 0 Å². The highest BCUT2D eigenvalue weighted by atomic mass is 32.2. The number of hydrogen-bond donors (Lipinski definition) is 3. The summed E-state index contributed by atoms with van der Waals surface area (Å²) in [6, 6.07) is 5.86. The van der Waals surface area contributed by atoms with E-state index in [-0.39, 0.29) is 11.2 Å². The monoisotopic (exact) mass is 223 g/mol. The van der Waals surface area contributed by atoms with Crippen LogP contribution < -0.4 is 16.4 Å². The van der Waals surface area contributed by atoms with Crippen molar-refractivity contribution in [3.63, 3.8) is 0 Å². The fourth-order valence-corrected chi connectivity index (χ4v) is 2.37. The van der Waals surface area contributed by atoms with E-state index in [1.807, 2.05) is 25.1 Å². The maximum atomic E-state index is 11.4. The summed E-state index contributed by atoms with van der Waals surface area (Å²) in [4.78, 5) is 12.6. The summed E-state index contributed by atoms with van der Waals surface area (Å²) < 4.78 is 0. The number of anilines is 2. The SMILES string of the molecule is CC1Sc2ccc(NCN)cc2NC1=O. The van der Waals surface area contributed by atoms with E-state index in [1.54, 1.807) is 11.8 Å². The summed E-state index contributed by atoms with van der Waals surface area (Å²) in [7, 11) is 0. The second-order valence-corrected chi connectivity index (χ2v) is 4.72. The number of thioether (sulfide) groups is 1. The minimum absolute atomic E-state index is 0.0224. The molecule has 80 valence electrons. The first-order valence-corrected chi connectivity index (χ1v) is 5.64. The van der Waals surface area contributed by atoms with Crippen LogP contribution in [-0.4, -0.2) is 17.8 Å². The molecule has 1 aliphatic heterocycles. The van der Waals surface area contributed by atoms with Gasteiger partial charge in [-0.3, -0.25) is 4.79 Å². The molecule has 0 saturated carbocycles. The Morgan fingerprint density at radius 3 is 3.13 bits per heavy atom. The van der Waals surface area contributed by atoms with Gasteiger partial charge in [-0.1, -0.05) is 0 Å². The van der Waals surface area contributed by atoms with Gasteiger partial charge in [0.15, 0.2) is 0 Å². The third kappa shape index (κ3) is 2.08. The first-order valence-electron chi connectivity index (χ1n) is 4.76. The lowest BCUT2D eigenvalue weighted by Gasteiger charge is -2.21. The Hall–Kier alpha value is -1.20. The summed E-state index contributed by atoms with van der Waals surface area (Å²) in [5.41, 5.74) is 7.17. The van der Waals surface area contributed by atoms with Crippen LogP contribution in [0, 0.1) is 0 Å². The van der Waals surface area contributed by atoms with E-state index in [0.29, 0.717) is 6.67 Å². The Morgan fingerprint density at radius 2 is 2.40 bits per heavy atom. The van der Waals surface area contributed by atoms with E-state index in [4.69, 9.17) is 5.73 Å². The number of amides is 1. The van der Waals surface area contributed by atoms with Gasteiger partial charge < -0.3 is 16.4 Å². The molecule has 1 aromatic rings. The van der Waals surface area contributed by atoms with E-state index in [0.717, 1.165) is 16.3 Å². The molecule has 1 amide bonds. The van der Waals surface area contributed by atoms with Crippen molar-refractivity contribution in [3.8, 4) is 0 Å². The van der Waals surface area contributed by atoms with Gasteiger partial charge in [-0.2, -0.15) is 0 Å². The molecule has 2 rings (SSSR count). The van der Waals surface area contributed by atoms with Crippen LogP contribution in [0.1, 0.15) is 6.92 Å². The first-order chi connectivity index (χ1) is 7.20. The molecular formula is C10H13N3OS. The topological polar surface area (TPSA) is 67.2 Å². The van der Waals surface area contributed by atoms with Crippen LogP contribution in [0.25, 0.3) is 0 Å². The molecular weight excluding hydrogens is 210 g/mol. The fourth-order valence-electron chi connectivity index (χ4n) is 1.44. The smallest absolute Gasteiger partial charge is 0.237 e. The van der Waals surface area contributed by atoms with Gasteiger partial charge in [-0.25, -0.2) is 0 Å². The number of rotatable bonds is 2. The third-order valence-corrected chi connectivity index (χ3v) is 3.39. The Labute approximate surface area is 92.6 Å². The van der Waals surface area contributed by atoms with Gasteiger partial charge in [-0.05, 0) is 25.1 Å². The molecule has 4 N–H and O–H groups in total. The molecule has 1 heterocycles. The molecule has 0 saturated heterocycles. The second kappa shape index (κ2) is 4.12. The van der Waals surface area contributed by atoms with E-state index >= 15 is 0 Å². The molecule has 0 bridgehead atoms. The highest BCUT2D eigenvalue weighted by molar-refractivity contribution is 8.00. The van der Waals surface area contributed by atoms with Gasteiger partial charge in [-0.15, -0.1) is 11.8 Å². The predicted octanol–water partition coefficient (Wildman–Crippen LogP) is 1.45. The Balaban J connectivity index is 2.29. The third-order valence-electron chi connectivity index (χ3n) is 2.22. The van der Waals surface area contributed by atoms with Gasteiger partial charge in [0.1, 0.15) is 0 Å². The van der Waals surface area contributed by atoms with E-state index < -0.39 is 0 Å². The Morgan fingerprint density at radius 1 is 1.60 bits per heavy atom. The summed E-state index contributed by atoms with van der Waals surface area (Å²) in [6.45, 7) is 2.28. The lowest BCUT2D eigenvalue weighted by atomic mass is 10.2. The molecule has 1 unspecified atom stereocenters. The molecule has 1 aromatic carbocycles. The van der Waals surface area contributed by atoms with E-state index in [1.165, 1.54) is 0 Å². The first kappa shape index (κ1) is 10.3. The van der Waals surface area contributed by atoms with Crippen molar-refractivity contribution >= 4 is 29.0 Å². The number of benzene rings is 1. The molecule has 0 aliphatic carbocycles. The average molecular weight is 223 g/mol. The average Bonchev–Trinajstić information content (AvgIpc) is 2.21. The van der Waals surface area contributed by atoms with Gasteiger partial charge in [0.2, 0.25) is 5.91 Å². The lowest BCUT2D eigenvalue weighted by molar-refractivity contribution is -0.115. The number of nitrogens with one attached hydrogen (secondary N) is 2. The molecule has 4 nitrogen and oxygen atoms in total. The van der Waals surface area contributed by atoms with Crippen molar-refractivity contribution in [3.05, 3.63) is 18.2 Å². The molecule has 0 aromatic heterocycles. The number of nitrogens with two attached hydrogens (primary N) is 1. The highest BCUT2D eigenvalue weighted by Crippen LogP contribution is 2.36. The zero-order valence-corrected chi connectivity index (χ0v) is 9.23. The van der Waals surface area contributed by atoms with Crippen molar-refractivity contribution in [1.29, 1.82) is 0 Å². The molecule has 0 radical (unpaired) electrons. The zero-order valence-electron chi connectivity index (χ0n) is 8.41. The van der Waals surface area contributed by atoms with Crippen LogP contribution >= 0.6 is 11.8 Å². The van der Waals surface area contributed by atoms with Crippen LogP contribution in [0.5, 0.6) is 0 Å². The summed E-state index contributed by atoms with van der Waals surface area (Å²) in [5.74, 6) is 0.0531. The molecule has 15 heavy (non-hydrogen) atoms. The highest BCUT2D eigenvalue weighted by Gasteiger charge is 2.22. The zero-order chi connectivity index (χ0) is 10.8. The van der Waals surface area contributed by atoms with Crippen molar-refractivity contribution in [2.24, 2.45) is 5.73 Å². The minimum Gasteiger partial charge on any atom is -0.373 e. The minimum atomic E-state index is -0.0224. The van der Waals surface area contributed by atoms with Gasteiger partial charge in [0.25, 0.3) is 0 Å². The van der Waals surface area contributed by atoms with Gasteiger partial charge >= 0.3 is 0 Å². The second-order valence-electron chi connectivity index (χ2n) is 3.34.